The Hall–Kier alpha value is -1.06. The van der Waals surface area contributed by atoms with Gasteiger partial charge in [-0.25, -0.2) is 9.78 Å². The van der Waals surface area contributed by atoms with E-state index in [9.17, 15) is 18.0 Å². The molecule has 0 unspecified atom stereocenters. The van der Waals surface area contributed by atoms with E-state index >= 15 is 0 Å². The number of carbonyl (C=O) groups excluding carboxylic acids is 1. The second-order valence-corrected chi connectivity index (χ2v) is 4.26. The third-order valence-electron chi connectivity index (χ3n) is 1.91. The van der Waals surface area contributed by atoms with E-state index in [0.29, 0.717) is 0 Å². The van der Waals surface area contributed by atoms with Gasteiger partial charge < -0.3 is 9.47 Å². The summed E-state index contributed by atoms with van der Waals surface area (Å²) in [6, 6.07) is 0. The van der Waals surface area contributed by atoms with Gasteiger partial charge in [-0.1, -0.05) is 0 Å². The summed E-state index contributed by atoms with van der Waals surface area (Å²) in [5.41, 5.74) is 0.162. The summed E-state index contributed by atoms with van der Waals surface area (Å²) >= 11 is 1.73. The van der Waals surface area contributed by atoms with Crippen molar-refractivity contribution in [3.8, 4) is 5.75 Å². The third-order valence-corrected chi connectivity index (χ3v) is 3.23. The predicted octanol–water partition coefficient (Wildman–Crippen LogP) is 3.07. The molecule has 4 nitrogen and oxygen atoms in total. The summed E-state index contributed by atoms with van der Waals surface area (Å²) < 4.78 is 45.1. The van der Waals surface area contributed by atoms with Crippen molar-refractivity contribution in [3.05, 3.63) is 21.0 Å². The monoisotopic (exact) mass is 375 g/mol. The number of carbonyl (C=O) groups is 1. The molecule has 0 N–H and O–H groups in total. The number of pyridine rings is 1. The molecule has 0 aliphatic carbocycles. The Morgan fingerprint density at radius 1 is 1.50 bits per heavy atom. The van der Waals surface area contributed by atoms with Crippen molar-refractivity contribution in [3.63, 3.8) is 0 Å². The highest BCUT2D eigenvalue weighted by molar-refractivity contribution is 14.1. The Kier molecular flexibility index (Phi) is 4.77. The molecule has 0 amide bonds. The largest absolute Gasteiger partial charge is 0.573 e. The minimum absolute atomic E-state index is 0.0236. The smallest absolute Gasteiger partial charge is 0.461 e. The van der Waals surface area contributed by atoms with Gasteiger partial charge in [-0.3, -0.25) is 0 Å². The molecule has 0 aliphatic heterocycles. The molecule has 1 aromatic rings. The molecular weight excluding hydrogens is 366 g/mol. The van der Waals surface area contributed by atoms with E-state index in [-0.39, 0.29) is 21.4 Å². The zero-order valence-electron chi connectivity index (χ0n) is 9.47. The Morgan fingerprint density at radius 2 is 2.11 bits per heavy atom. The van der Waals surface area contributed by atoms with Crippen LogP contribution in [0.2, 0.25) is 0 Å². The van der Waals surface area contributed by atoms with Crippen molar-refractivity contribution < 1.29 is 27.4 Å². The molecule has 0 bridgehead atoms. The fraction of sp³-hybridized carbons (Fsp3) is 0.400. The maximum Gasteiger partial charge on any atom is 0.573 e. The van der Waals surface area contributed by atoms with Crippen LogP contribution >= 0.6 is 22.6 Å². The first-order valence-electron chi connectivity index (χ1n) is 4.84. The van der Waals surface area contributed by atoms with Crippen molar-refractivity contribution >= 4 is 28.6 Å². The number of nitrogens with zero attached hydrogens (tertiary/aromatic N) is 1. The molecule has 0 saturated heterocycles. The van der Waals surface area contributed by atoms with Gasteiger partial charge in [-0.05, 0) is 36.4 Å². The summed E-state index contributed by atoms with van der Waals surface area (Å²) in [6.45, 7) is 3.20. The lowest BCUT2D eigenvalue weighted by atomic mass is 10.2. The van der Waals surface area contributed by atoms with Gasteiger partial charge >= 0.3 is 12.3 Å². The second-order valence-electron chi connectivity index (χ2n) is 3.18. The fourth-order valence-corrected chi connectivity index (χ4v) is 1.76. The van der Waals surface area contributed by atoms with E-state index in [1.54, 1.807) is 29.5 Å². The minimum atomic E-state index is -4.79. The lowest BCUT2D eigenvalue weighted by Gasteiger charge is -2.13. The van der Waals surface area contributed by atoms with E-state index in [2.05, 4.69) is 9.72 Å². The highest BCUT2D eigenvalue weighted by Crippen LogP contribution is 2.29. The second kappa shape index (κ2) is 5.72. The molecule has 1 rings (SSSR count). The number of aromatic nitrogens is 1. The first kappa shape index (κ1) is 15.0. The van der Waals surface area contributed by atoms with Crippen LogP contribution in [0.4, 0.5) is 13.2 Å². The first-order valence-corrected chi connectivity index (χ1v) is 5.92. The Bertz CT molecular complexity index is 462. The lowest BCUT2D eigenvalue weighted by Crippen LogP contribution is -2.19. The molecule has 0 aromatic carbocycles. The quantitative estimate of drug-likeness (QED) is 0.602. The zero-order chi connectivity index (χ0) is 13.9. The van der Waals surface area contributed by atoms with Gasteiger partial charge in [0.15, 0.2) is 11.4 Å². The molecule has 8 heteroatoms. The lowest BCUT2D eigenvalue weighted by molar-refractivity contribution is -0.275. The van der Waals surface area contributed by atoms with Gasteiger partial charge in [0.2, 0.25) is 0 Å². The van der Waals surface area contributed by atoms with Crippen molar-refractivity contribution in [1.29, 1.82) is 0 Å². The zero-order valence-corrected chi connectivity index (χ0v) is 11.6. The maximum atomic E-state index is 12.1. The number of rotatable bonds is 3. The molecule has 0 saturated carbocycles. The minimum Gasteiger partial charge on any atom is -0.461 e. The molecule has 0 aliphatic rings. The average Bonchev–Trinajstić information content (AvgIpc) is 2.23. The predicted molar refractivity (Wildman–Crippen MR) is 64.3 cm³/mol. The van der Waals surface area contributed by atoms with E-state index in [4.69, 9.17) is 4.74 Å². The highest BCUT2D eigenvalue weighted by atomic mass is 127. The molecule has 100 valence electrons. The van der Waals surface area contributed by atoms with Gasteiger partial charge in [0, 0.05) is 5.56 Å². The first-order chi connectivity index (χ1) is 8.26. The van der Waals surface area contributed by atoms with Gasteiger partial charge in [0.1, 0.15) is 0 Å². The molecule has 18 heavy (non-hydrogen) atoms. The Balaban J connectivity index is 3.09. The summed E-state index contributed by atoms with van der Waals surface area (Å²) in [6.07, 6.45) is -3.93. The highest BCUT2D eigenvalue weighted by Gasteiger charge is 2.32. The van der Waals surface area contributed by atoms with Gasteiger partial charge in [0.25, 0.3) is 0 Å². The SMILES string of the molecule is CCOC(=O)c1ncc(OC(F)(F)F)c(C)c1I. The van der Waals surface area contributed by atoms with Gasteiger partial charge in [-0.15, -0.1) is 13.2 Å². The van der Waals surface area contributed by atoms with E-state index in [1.807, 2.05) is 0 Å². The van der Waals surface area contributed by atoms with Crippen LogP contribution in [-0.4, -0.2) is 23.9 Å². The molecule has 0 spiro atoms. The third kappa shape index (κ3) is 3.72. The topological polar surface area (TPSA) is 48.4 Å². The Labute approximate surface area is 115 Å². The number of alkyl halides is 3. The van der Waals surface area contributed by atoms with Crippen molar-refractivity contribution in [2.24, 2.45) is 0 Å². The van der Waals surface area contributed by atoms with Crippen LogP contribution in [-0.2, 0) is 4.74 Å². The normalized spacial score (nSPS) is 11.2. The van der Waals surface area contributed by atoms with Crippen LogP contribution in [0.3, 0.4) is 0 Å². The number of hydrogen-bond acceptors (Lipinski definition) is 4. The van der Waals surface area contributed by atoms with Crippen molar-refractivity contribution in [1.82, 2.24) is 4.98 Å². The number of hydrogen-bond donors (Lipinski definition) is 0. The van der Waals surface area contributed by atoms with Crippen molar-refractivity contribution in [2.75, 3.05) is 6.61 Å². The van der Waals surface area contributed by atoms with Crippen LogP contribution < -0.4 is 4.74 Å². The van der Waals surface area contributed by atoms with E-state index < -0.39 is 18.1 Å². The molecular formula is C10H9F3INO3. The molecule has 1 aromatic heterocycles. The molecule has 0 radical (unpaired) electrons. The number of halogens is 4. The van der Waals surface area contributed by atoms with Crippen LogP contribution in [0.1, 0.15) is 23.0 Å². The summed E-state index contributed by atoms with van der Waals surface area (Å²) in [5.74, 6) is -1.11. The molecule has 0 fully saturated rings. The molecule has 0 atom stereocenters. The van der Waals surface area contributed by atoms with E-state index in [1.165, 1.54) is 6.92 Å². The standard InChI is InChI=1S/C10H9F3INO3/c1-3-17-9(16)8-7(14)5(2)6(4-15-8)18-10(11,12)13/h4H,3H2,1-2H3. The van der Waals surface area contributed by atoms with E-state index in [0.717, 1.165) is 6.20 Å². The molecule has 1 heterocycles. The maximum absolute atomic E-state index is 12.1. The fourth-order valence-electron chi connectivity index (χ4n) is 1.13. The average molecular weight is 375 g/mol. The summed E-state index contributed by atoms with van der Waals surface area (Å²) in [7, 11) is 0. The van der Waals surface area contributed by atoms with Gasteiger partial charge in [0.05, 0.1) is 16.4 Å². The van der Waals surface area contributed by atoms with Crippen LogP contribution in [0.15, 0.2) is 6.20 Å². The van der Waals surface area contributed by atoms with Crippen LogP contribution in [0.5, 0.6) is 5.75 Å². The summed E-state index contributed by atoms with van der Waals surface area (Å²) in [5, 5.41) is 0. The van der Waals surface area contributed by atoms with Crippen LogP contribution in [0.25, 0.3) is 0 Å². The summed E-state index contributed by atoms with van der Waals surface area (Å²) in [4.78, 5) is 15.1. The van der Waals surface area contributed by atoms with Crippen molar-refractivity contribution in [2.45, 2.75) is 20.2 Å². The van der Waals surface area contributed by atoms with Crippen LogP contribution in [0, 0.1) is 10.5 Å². The van der Waals surface area contributed by atoms with Gasteiger partial charge in [-0.2, -0.15) is 0 Å². The Morgan fingerprint density at radius 3 is 2.61 bits per heavy atom. The number of esters is 1. The number of ether oxygens (including phenoxy) is 2.